The van der Waals surface area contributed by atoms with Crippen LogP contribution in [0.25, 0.3) is 10.9 Å². The Balaban J connectivity index is 1.61. The van der Waals surface area contributed by atoms with Crippen LogP contribution in [0.2, 0.25) is 0 Å². The average molecular weight is 547 g/mol. The molecule has 4 rings (SSSR count). The largest absolute Gasteiger partial charge is 0.490 e. The van der Waals surface area contributed by atoms with E-state index in [9.17, 15) is 22.7 Å². The van der Waals surface area contributed by atoms with Gasteiger partial charge in [0.05, 0.1) is 23.7 Å². The Morgan fingerprint density at radius 3 is 2.51 bits per heavy atom. The molecule has 0 aliphatic heterocycles. The summed E-state index contributed by atoms with van der Waals surface area (Å²) in [5.74, 6) is -2.65. The lowest BCUT2D eigenvalue weighted by Crippen LogP contribution is -2.40. The van der Waals surface area contributed by atoms with Gasteiger partial charge in [0.1, 0.15) is 35.7 Å². The third-order valence-corrected chi connectivity index (χ3v) is 6.45. The number of terminal acetylenes is 1. The van der Waals surface area contributed by atoms with Crippen LogP contribution in [0.5, 0.6) is 5.75 Å². The van der Waals surface area contributed by atoms with Crippen molar-refractivity contribution in [3.63, 3.8) is 0 Å². The Bertz CT molecular complexity index is 1430. The number of aromatic nitrogens is 2. The maximum absolute atomic E-state index is 14.9. The minimum atomic E-state index is -3.55. The SMILES string of the molecule is C#Cc1cc2nc(C)nc(N[C@H](C)c3cc(N)cc(C(F)(F)C(C)(C)O)c3)c2cc1OCCOC1CC1(F)F. The van der Waals surface area contributed by atoms with Gasteiger partial charge < -0.3 is 25.6 Å². The van der Waals surface area contributed by atoms with Gasteiger partial charge in [-0.15, -0.1) is 6.42 Å². The molecule has 1 heterocycles. The molecule has 3 aromatic rings. The number of benzene rings is 2. The molecule has 11 heteroatoms. The number of hydrogen-bond acceptors (Lipinski definition) is 7. The van der Waals surface area contributed by atoms with Crippen molar-refractivity contribution >= 4 is 22.4 Å². The zero-order valence-electron chi connectivity index (χ0n) is 22.0. The predicted octanol–water partition coefficient (Wildman–Crippen LogP) is 5.34. The molecule has 2 atom stereocenters. The first-order valence-electron chi connectivity index (χ1n) is 12.3. The molecule has 1 unspecified atom stereocenters. The number of nitrogens with one attached hydrogen (secondary N) is 1. The molecule has 0 saturated heterocycles. The van der Waals surface area contributed by atoms with Crippen molar-refractivity contribution < 1.29 is 32.1 Å². The highest BCUT2D eigenvalue weighted by molar-refractivity contribution is 5.92. The predicted molar refractivity (Wildman–Crippen MR) is 140 cm³/mol. The zero-order valence-corrected chi connectivity index (χ0v) is 22.0. The summed E-state index contributed by atoms with van der Waals surface area (Å²) in [5, 5.41) is 13.8. The van der Waals surface area contributed by atoms with E-state index < -0.39 is 35.2 Å². The van der Waals surface area contributed by atoms with Crippen molar-refractivity contribution in [1.82, 2.24) is 9.97 Å². The molecular formula is C28H30F4N4O3. The van der Waals surface area contributed by atoms with Crippen molar-refractivity contribution in [2.75, 3.05) is 24.3 Å². The van der Waals surface area contributed by atoms with Gasteiger partial charge in [-0.05, 0) is 63.6 Å². The summed E-state index contributed by atoms with van der Waals surface area (Å²) in [4.78, 5) is 8.92. The molecule has 4 N–H and O–H groups in total. The Morgan fingerprint density at radius 2 is 1.90 bits per heavy atom. The highest BCUT2D eigenvalue weighted by Gasteiger charge is 2.58. The molecular weight excluding hydrogens is 516 g/mol. The first-order valence-corrected chi connectivity index (χ1v) is 12.3. The van der Waals surface area contributed by atoms with Crippen molar-refractivity contribution in [1.29, 1.82) is 0 Å². The summed E-state index contributed by atoms with van der Waals surface area (Å²) >= 11 is 0. The lowest BCUT2D eigenvalue weighted by atomic mass is 9.91. The first kappa shape index (κ1) is 28.4. The van der Waals surface area contributed by atoms with Gasteiger partial charge in [-0.3, -0.25) is 0 Å². The molecule has 0 bridgehead atoms. The zero-order chi connectivity index (χ0) is 28.8. The highest BCUT2D eigenvalue weighted by Crippen LogP contribution is 2.44. The van der Waals surface area contributed by atoms with Crippen molar-refractivity contribution in [3.05, 3.63) is 52.8 Å². The van der Waals surface area contributed by atoms with Gasteiger partial charge in [-0.1, -0.05) is 5.92 Å². The molecule has 1 aromatic heterocycles. The third kappa shape index (κ3) is 6.02. The minimum Gasteiger partial charge on any atom is -0.490 e. The summed E-state index contributed by atoms with van der Waals surface area (Å²) < 4.78 is 66.7. The van der Waals surface area contributed by atoms with Crippen molar-refractivity contribution in [3.8, 4) is 18.1 Å². The number of halogens is 4. The van der Waals surface area contributed by atoms with Crippen LogP contribution in [0.1, 0.15) is 55.7 Å². The molecule has 2 aromatic carbocycles. The fraction of sp³-hybridized carbons (Fsp3) is 0.429. The van der Waals surface area contributed by atoms with Crippen LogP contribution in [0.4, 0.5) is 29.1 Å². The van der Waals surface area contributed by atoms with Gasteiger partial charge in [0.2, 0.25) is 0 Å². The van der Waals surface area contributed by atoms with Crippen LogP contribution in [-0.4, -0.2) is 45.9 Å². The Labute approximate surface area is 223 Å². The molecule has 0 radical (unpaired) electrons. The molecule has 208 valence electrons. The maximum Gasteiger partial charge on any atom is 0.300 e. The van der Waals surface area contributed by atoms with Crippen LogP contribution < -0.4 is 15.8 Å². The van der Waals surface area contributed by atoms with Crippen LogP contribution in [0.15, 0.2) is 30.3 Å². The van der Waals surface area contributed by atoms with E-state index in [1.165, 1.54) is 6.07 Å². The number of hydrogen-bond donors (Lipinski definition) is 3. The number of ether oxygens (including phenoxy) is 2. The van der Waals surface area contributed by atoms with E-state index in [1.807, 2.05) is 0 Å². The lowest BCUT2D eigenvalue weighted by Gasteiger charge is -2.30. The topological polar surface area (TPSA) is 103 Å². The third-order valence-electron chi connectivity index (χ3n) is 6.45. The fourth-order valence-corrected chi connectivity index (χ4v) is 4.07. The van der Waals surface area contributed by atoms with E-state index in [0.29, 0.717) is 39.4 Å². The van der Waals surface area contributed by atoms with Gasteiger partial charge in [0.25, 0.3) is 5.92 Å². The van der Waals surface area contributed by atoms with E-state index in [1.54, 1.807) is 32.0 Å². The molecule has 1 fully saturated rings. The van der Waals surface area contributed by atoms with E-state index in [2.05, 4.69) is 21.2 Å². The number of nitrogens with zero attached hydrogens (tertiary/aromatic N) is 2. The smallest absolute Gasteiger partial charge is 0.300 e. The van der Waals surface area contributed by atoms with E-state index in [-0.39, 0.29) is 25.3 Å². The first-order chi connectivity index (χ1) is 18.1. The van der Waals surface area contributed by atoms with Crippen molar-refractivity contribution in [2.24, 2.45) is 0 Å². The molecule has 7 nitrogen and oxygen atoms in total. The molecule has 1 aliphatic rings. The van der Waals surface area contributed by atoms with Gasteiger partial charge in [0, 0.05) is 23.1 Å². The van der Waals surface area contributed by atoms with E-state index in [4.69, 9.17) is 21.6 Å². The van der Waals surface area contributed by atoms with Crippen molar-refractivity contribution in [2.45, 2.75) is 63.7 Å². The molecule has 1 saturated carbocycles. The number of rotatable bonds is 10. The highest BCUT2D eigenvalue weighted by atomic mass is 19.3. The Morgan fingerprint density at radius 1 is 1.21 bits per heavy atom. The maximum atomic E-state index is 14.9. The summed E-state index contributed by atoms with van der Waals surface area (Å²) in [6.45, 7) is 5.47. The summed E-state index contributed by atoms with van der Waals surface area (Å²) in [6.07, 6.45) is 4.27. The number of aliphatic hydroxyl groups is 1. The number of fused-ring (bicyclic) bond motifs is 1. The number of anilines is 2. The second-order valence-corrected chi connectivity index (χ2v) is 10.2. The van der Waals surface area contributed by atoms with Gasteiger partial charge in [0.15, 0.2) is 0 Å². The van der Waals surface area contributed by atoms with E-state index in [0.717, 1.165) is 19.9 Å². The average Bonchev–Trinajstić information content (AvgIpc) is 3.46. The Kier molecular flexibility index (Phi) is 7.40. The number of aryl methyl sites for hydroxylation is 1. The Hall–Kier alpha value is -3.62. The monoisotopic (exact) mass is 546 g/mol. The van der Waals surface area contributed by atoms with E-state index >= 15 is 0 Å². The second kappa shape index (κ2) is 10.2. The molecule has 1 aliphatic carbocycles. The van der Waals surface area contributed by atoms with Crippen LogP contribution in [-0.2, 0) is 10.7 Å². The number of nitrogen functional groups attached to an aromatic ring is 1. The summed E-state index contributed by atoms with van der Waals surface area (Å²) in [7, 11) is 0. The summed E-state index contributed by atoms with van der Waals surface area (Å²) in [6, 6.07) is 6.74. The van der Waals surface area contributed by atoms with Gasteiger partial charge in [-0.2, -0.15) is 8.78 Å². The lowest BCUT2D eigenvalue weighted by molar-refractivity contribution is -0.168. The number of alkyl halides is 4. The van der Waals surface area contributed by atoms with Crippen LogP contribution in [0, 0.1) is 19.3 Å². The molecule has 39 heavy (non-hydrogen) atoms. The van der Waals surface area contributed by atoms with Crippen LogP contribution >= 0.6 is 0 Å². The second-order valence-electron chi connectivity index (χ2n) is 10.2. The number of nitrogens with two attached hydrogens (primary N) is 1. The molecule has 0 spiro atoms. The van der Waals surface area contributed by atoms with Gasteiger partial charge in [-0.25, -0.2) is 18.7 Å². The normalized spacial score (nSPS) is 17.5. The summed E-state index contributed by atoms with van der Waals surface area (Å²) in [5.41, 5.74) is 4.71. The van der Waals surface area contributed by atoms with Crippen LogP contribution in [0.3, 0.4) is 0 Å². The fourth-order valence-electron chi connectivity index (χ4n) is 4.07. The standard InChI is InChI=1S/C28H30F4N4O3/c1-6-17-11-22-21(13-23(17)38-7-8-39-24-14-27(24,29)30)25(36-16(3)35-22)34-15(2)18-9-19(12-20(33)10-18)28(31,32)26(4,5)37/h1,9-13,15,24,37H,7-8,14,33H2,2-5H3,(H,34,35,36)/t15-,24?/m1/s1. The minimum absolute atomic E-state index is 0.000135. The van der Waals surface area contributed by atoms with Gasteiger partial charge >= 0.3 is 5.92 Å². The quantitative estimate of drug-likeness (QED) is 0.137. The molecule has 0 amide bonds.